The van der Waals surface area contributed by atoms with Crippen molar-refractivity contribution in [2.24, 2.45) is 0 Å². The van der Waals surface area contributed by atoms with E-state index >= 15 is 0 Å². The van der Waals surface area contributed by atoms with E-state index in [1.165, 1.54) is 0 Å². The molecule has 0 N–H and O–H groups in total. The standard InChI is InChI=1S/C15H13ClFN3/c1-9(2)20-8-11(10-5-3-4-6-13(10)20)14-12(17)7-18-15(16)19-14/h3-9H,1-2H3. The molecule has 20 heavy (non-hydrogen) atoms. The Bertz CT molecular complexity index is 780. The molecule has 0 unspecified atom stereocenters. The molecule has 0 aliphatic heterocycles. The summed E-state index contributed by atoms with van der Waals surface area (Å²) in [6.45, 7) is 4.17. The summed E-state index contributed by atoms with van der Waals surface area (Å²) in [7, 11) is 0. The second-order valence-corrected chi connectivity index (χ2v) is 5.23. The van der Waals surface area contributed by atoms with Gasteiger partial charge in [-0.1, -0.05) is 18.2 Å². The van der Waals surface area contributed by atoms with Crippen molar-refractivity contribution >= 4 is 22.5 Å². The van der Waals surface area contributed by atoms with Gasteiger partial charge in [-0.05, 0) is 31.5 Å². The SMILES string of the molecule is CC(C)n1cc(-c2nc(Cl)ncc2F)c2ccccc21. The van der Waals surface area contributed by atoms with Gasteiger partial charge in [0.15, 0.2) is 5.82 Å². The zero-order valence-corrected chi connectivity index (χ0v) is 11.9. The highest BCUT2D eigenvalue weighted by atomic mass is 35.5. The summed E-state index contributed by atoms with van der Waals surface area (Å²) < 4.78 is 16.1. The molecule has 3 aromatic rings. The van der Waals surface area contributed by atoms with Crippen LogP contribution >= 0.6 is 11.6 Å². The van der Waals surface area contributed by atoms with Crippen LogP contribution in [0.3, 0.4) is 0 Å². The minimum Gasteiger partial charge on any atom is -0.344 e. The summed E-state index contributed by atoms with van der Waals surface area (Å²) >= 11 is 5.79. The smallest absolute Gasteiger partial charge is 0.223 e. The van der Waals surface area contributed by atoms with Crippen LogP contribution in [0.1, 0.15) is 19.9 Å². The van der Waals surface area contributed by atoms with Gasteiger partial charge in [-0.3, -0.25) is 0 Å². The van der Waals surface area contributed by atoms with E-state index in [-0.39, 0.29) is 17.0 Å². The van der Waals surface area contributed by atoms with Crippen LogP contribution in [0.25, 0.3) is 22.2 Å². The van der Waals surface area contributed by atoms with Crippen LogP contribution in [0.5, 0.6) is 0 Å². The summed E-state index contributed by atoms with van der Waals surface area (Å²) in [5.41, 5.74) is 2.02. The third kappa shape index (κ3) is 2.06. The molecular formula is C15H13ClFN3. The van der Waals surface area contributed by atoms with Crippen LogP contribution < -0.4 is 0 Å². The number of nitrogens with zero attached hydrogens (tertiary/aromatic N) is 3. The second kappa shape index (κ2) is 4.87. The van der Waals surface area contributed by atoms with Crippen molar-refractivity contribution in [1.82, 2.24) is 14.5 Å². The lowest BCUT2D eigenvalue weighted by molar-refractivity contribution is 0.614. The monoisotopic (exact) mass is 289 g/mol. The van der Waals surface area contributed by atoms with E-state index in [9.17, 15) is 4.39 Å². The topological polar surface area (TPSA) is 30.7 Å². The largest absolute Gasteiger partial charge is 0.344 e. The summed E-state index contributed by atoms with van der Waals surface area (Å²) in [4.78, 5) is 7.69. The van der Waals surface area contributed by atoms with Crippen LogP contribution in [-0.2, 0) is 0 Å². The van der Waals surface area contributed by atoms with Crippen molar-refractivity contribution in [3.05, 3.63) is 47.8 Å². The van der Waals surface area contributed by atoms with Crippen molar-refractivity contribution < 1.29 is 4.39 Å². The van der Waals surface area contributed by atoms with E-state index < -0.39 is 5.82 Å². The van der Waals surface area contributed by atoms with Gasteiger partial charge in [0.2, 0.25) is 5.28 Å². The Labute approximate surface area is 121 Å². The molecule has 2 heterocycles. The van der Waals surface area contributed by atoms with E-state index in [1.54, 1.807) is 0 Å². The first kappa shape index (κ1) is 13.1. The fourth-order valence-electron chi connectivity index (χ4n) is 2.36. The molecule has 102 valence electrons. The van der Waals surface area contributed by atoms with Gasteiger partial charge in [-0.15, -0.1) is 0 Å². The van der Waals surface area contributed by atoms with Crippen LogP contribution in [0, 0.1) is 5.82 Å². The number of fused-ring (bicyclic) bond motifs is 1. The fraction of sp³-hybridized carbons (Fsp3) is 0.200. The zero-order valence-electron chi connectivity index (χ0n) is 11.1. The third-order valence-electron chi connectivity index (χ3n) is 3.27. The van der Waals surface area contributed by atoms with Crippen molar-refractivity contribution in [3.63, 3.8) is 0 Å². The Morgan fingerprint density at radius 3 is 2.75 bits per heavy atom. The number of hydrogen-bond donors (Lipinski definition) is 0. The molecule has 0 aliphatic carbocycles. The predicted octanol–water partition coefficient (Wildman–Crippen LogP) is 4.47. The van der Waals surface area contributed by atoms with Gasteiger partial charge in [0.05, 0.1) is 6.20 Å². The average Bonchev–Trinajstić information content (AvgIpc) is 2.81. The summed E-state index contributed by atoms with van der Waals surface area (Å²) in [6.07, 6.45) is 3.02. The molecule has 0 atom stereocenters. The predicted molar refractivity (Wildman–Crippen MR) is 78.3 cm³/mol. The Morgan fingerprint density at radius 1 is 1.25 bits per heavy atom. The molecule has 5 heteroatoms. The molecule has 1 aromatic carbocycles. The van der Waals surface area contributed by atoms with Crippen molar-refractivity contribution in [3.8, 4) is 11.3 Å². The van der Waals surface area contributed by atoms with Crippen LogP contribution in [0.4, 0.5) is 4.39 Å². The number of benzene rings is 1. The Morgan fingerprint density at radius 2 is 2.00 bits per heavy atom. The van der Waals surface area contributed by atoms with Gasteiger partial charge in [-0.25, -0.2) is 14.4 Å². The van der Waals surface area contributed by atoms with E-state index in [0.29, 0.717) is 0 Å². The van der Waals surface area contributed by atoms with E-state index in [2.05, 4.69) is 28.4 Å². The number of halogens is 2. The van der Waals surface area contributed by atoms with E-state index in [1.807, 2.05) is 30.5 Å². The minimum absolute atomic E-state index is 0.0442. The molecule has 0 saturated carbocycles. The zero-order chi connectivity index (χ0) is 14.3. The van der Waals surface area contributed by atoms with Gasteiger partial charge in [0, 0.05) is 28.7 Å². The molecule has 0 fully saturated rings. The molecule has 3 nitrogen and oxygen atoms in total. The van der Waals surface area contributed by atoms with Crippen LogP contribution in [0.15, 0.2) is 36.7 Å². The molecule has 0 radical (unpaired) electrons. The molecule has 0 amide bonds. The maximum absolute atomic E-state index is 14.0. The molecule has 0 spiro atoms. The minimum atomic E-state index is -0.471. The number of hydrogen-bond acceptors (Lipinski definition) is 2. The van der Waals surface area contributed by atoms with E-state index in [4.69, 9.17) is 11.6 Å². The van der Waals surface area contributed by atoms with Crippen LogP contribution in [0.2, 0.25) is 5.28 Å². The molecule has 3 rings (SSSR count). The van der Waals surface area contributed by atoms with Crippen molar-refractivity contribution in [2.45, 2.75) is 19.9 Å². The first-order valence-corrected chi connectivity index (χ1v) is 6.73. The average molecular weight is 290 g/mol. The van der Waals surface area contributed by atoms with Crippen molar-refractivity contribution in [1.29, 1.82) is 0 Å². The second-order valence-electron chi connectivity index (χ2n) is 4.90. The fourth-order valence-corrected chi connectivity index (χ4v) is 2.49. The highest BCUT2D eigenvalue weighted by Gasteiger charge is 2.16. The summed E-state index contributed by atoms with van der Waals surface area (Å²) in [6, 6.07) is 8.14. The van der Waals surface area contributed by atoms with Gasteiger partial charge in [0.1, 0.15) is 5.69 Å². The quantitative estimate of drug-likeness (QED) is 0.652. The lowest BCUT2D eigenvalue weighted by Gasteiger charge is -2.08. The van der Waals surface area contributed by atoms with Gasteiger partial charge >= 0.3 is 0 Å². The number of rotatable bonds is 2. The molecule has 0 bridgehead atoms. The summed E-state index contributed by atoms with van der Waals surface area (Å²) in [5, 5.41) is 0.998. The Hall–Kier alpha value is -1.94. The lowest BCUT2D eigenvalue weighted by Crippen LogP contribution is -1.97. The van der Waals surface area contributed by atoms with Gasteiger partial charge < -0.3 is 4.57 Å². The highest BCUT2D eigenvalue weighted by molar-refractivity contribution is 6.28. The first-order valence-electron chi connectivity index (χ1n) is 6.36. The molecule has 0 aliphatic rings. The highest BCUT2D eigenvalue weighted by Crippen LogP contribution is 2.32. The Balaban J connectivity index is 2.34. The maximum atomic E-state index is 14.0. The molecule has 2 aromatic heterocycles. The number of para-hydroxylation sites is 1. The Kier molecular flexibility index (Phi) is 3.18. The third-order valence-corrected chi connectivity index (χ3v) is 3.45. The molecular weight excluding hydrogens is 277 g/mol. The normalized spacial score (nSPS) is 11.4. The molecule has 0 saturated heterocycles. The number of aromatic nitrogens is 3. The lowest BCUT2D eigenvalue weighted by atomic mass is 10.1. The van der Waals surface area contributed by atoms with Crippen LogP contribution in [-0.4, -0.2) is 14.5 Å². The van der Waals surface area contributed by atoms with E-state index in [0.717, 1.165) is 22.7 Å². The first-order chi connectivity index (χ1) is 9.58. The van der Waals surface area contributed by atoms with Gasteiger partial charge in [-0.2, -0.15) is 0 Å². The van der Waals surface area contributed by atoms with Crippen molar-refractivity contribution in [2.75, 3.05) is 0 Å². The van der Waals surface area contributed by atoms with Gasteiger partial charge in [0.25, 0.3) is 0 Å². The summed E-state index contributed by atoms with van der Waals surface area (Å²) in [5.74, 6) is -0.471. The maximum Gasteiger partial charge on any atom is 0.223 e.